The van der Waals surface area contributed by atoms with Crippen LogP contribution in [0.4, 0.5) is 4.69 Å². The van der Waals surface area contributed by atoms with Gasteiger partial charge in [-0.2, -0.15) is 0 Å². The number of nitrogens with zero attached hydrogens (tertiary/aromatic N) is 1. The van der Waals surface area contributed by atoms with Crippen molar-refractivity contribution in [3.05, 3.63) is 34.3 Å². The molecule has 0 aliphatic heterocycles. The van der Waals surface area contributed by atoms with E-state index in [0.717, 1.165) is 11.1 Å². The molecule has 1 aliphatic carbocycles. The van der Waals surface area contributed by atoms with E-state index in [-0.39, 0.29) is 14.5 Å². The van der Waals surface area contributed by atoms with Crippen LogP contribution in [-0.4, -0.2) is 32.5 Å². The molecule has 3 N–H and O–H groups in total. The van der Waals surface area contributed by atoms with E-state index >= 15 is 0 Å². The van der Waals surface area contributed by atoms with Gasteiger partial charge in [-0.25, -0.2) is 0 Å². The number of nitrogen functional groups attached to an aromatic ring is 1. The normalized spacial score (nSPS) is 18.2. The third-order valence-corrected chi connectivity index (χ3v) is 6.55. The standard InChI is InChI=1S/C11H10N2O3SSe/c12-11-13-9-7-4-2-1-3-6(7)5-8(10(9)18-11)17(14,15)16/h1-4,8H,5H2,(H2,12,13)(H,14,15,16). The summed E-state index contributed by atoms with van der Waals surface area (Å²) in [7, 11) is -4.12. The number of hydrogen-bond donors (Lipinski definition) is 2. The molecule has 2 aromatic rings. The number of anilines is 1. The van der Waals surface area contributed by atoms with Crippen molar-refractivity contribution in [3.63, 3.8) is 0 Å². The molecule has 1 unspecified atom stereocenters. The summed E-state index contributed by atoms with van der Waals surface area (Å²) in [4.78, 5) is 4.24. The Labute approximate surface area is 110 Å². The topological polar surface area (TPSA) is 93.3 Å². The summed E-state index contributed by atoms with van der Waals surface area (Å²) in [6.45, 7) is 0. The summed E-state index contributed by atoms with van der Waals surface area (Å²) in [6, 6.07) is 7.49. The van der Waals surface area contributed by atoms with Crippen LogP contribution in [0.2, 0.25) is 0 Å². The average Bonchev–Trinajstić information content (AvgIpc) is 2.68. The fraction of sp³-hybridized carbons (Fsp3) is 0.182. The number of hydrogen-bond acceptors (Lipinski definition) is 4. The monoisotopic (exact) mass is 330 g/mol. The second-order valence-electron chi connectivity index (χ2n) is 4.13. The number of rotatable bonds is 1. The zero-order valence-electron chi connectivity index (χ0n) is 9.20. The summed E-state index contributed by atoms with van der Waals surface area (Å²) < 4.78 is 33.5. The fourth-order valence-electron chi connectivity index (χ4n) is 2.22. The van der Waals surface area contributed by atoms with E-state index in [1.54, 1.807) is 0 Å². The number of nitrogens with two attached hydrogens (primary N) is 1. The molecule has 1 aromatic heterocycles. The Morgan fingerprint density at radius 3 is 2.83 bits per heavy atom. The van der Waals surface area contributed by atoms with Crippen LogP contribution in [0.15, 0.2) is 24.3 Å². The van der Waals surface area contributed by atoms with Gasteiger partial charge in [-0.1, -0.05) is 0 Å². The quantitative estimate of drug-likeness (QED) is 0.598. The molecule has 0 fully saturated rings. The molecule has 0 saturated carbocycles. The van der Waals surface area contributed by atoms with Gasteiger partial charge in [-0.15, -0.1) is 0 Å². The molecule has 1 atom stereocenters. The zero-order valence-corrected chi connectivity index (χ0v) is 11.7. The molecule has 0 bridgehead atoms. The molecule has 0 saturated heterocycles. The number of benzene rings is 1. The molecule has 0 amide bonds. The summed E-state index contributed by atoms with van der Waals surface area (Å²) in [5.74, 6) is 0. The minimum atomic E-state index is -4.12. The molecule has 0 spiro atoms. The molecule has 1 aromatic carbocycles. The Hall–Kier alpha value is -1.14. The van der Waals surface area contributed by atoms with Crippen LogP contribution in [0, 0.1) is 0 Å². The van der Waals surface area contributed by atoms with Gasteiger partial charge < -0.3 is 0 Å². The van der Waals surface area contributed by atoms with E-state index < -0.39 is 15.4 Å². The first-order chi connectivity index (χ1) is 8.47. The third-order valence-electron chi connectivity index (χ3n) is 3.00. The van der Waals surface area contributed by atoms with Gasteiger partial charge in [0.1, 0.15) is 0 Å². The van der Waals surface area contributed by atoms with Crippen molar-refractivity contribution in [2.75, 3.05) is 5.73 Å². The third kappa shape index (κ3) is 1.80. The molecule has 1 heterocycles. The van der Waals surface area contributed by atoms with Crippen LogP contribution in [0.5, 0.6) is 0 Å². The van der Waals surface area contributed by atoms with E-state index in [1.807, 2.05) is 24.3 Å². The van der Waals surface area contributed by atoms with Gasteiger partial charge >= 0.3 is 110 Å². The summed E-state index contributed by atoms with van der Waals surface area (Å²) >= 11 is -0.288. The minimum absolute atomic E-state index is 0.288. The van der Waals surface area contributed by atoms with Crippen molar-refractivity contribution in [3.8, 4) is 11.3 Å². The van der Waals surface area contributed by atoms with Gasteiger partial charge in [-0.05, 0) is 0 Å². The van der Waals surface area contributed by atoms with E-state index in [4.69, 9.17) is 5.73 Å². The summed E-state index contributed by atoms with van der Waals surface area (Å²) in [6.07, 6.45) is 0.290. The molecule has 5 nitrogen and oxygen atoms in total. The molecule has 18 heavy (non-hydrogen) atoms. The molecule has 0 radical (unpaired) electrons. The van der Waals surface area contributed by atoms with E-state index in [2.05, 4.69) is 4.98 Å². The second kappa shape index (κ2) is 3.93. The van der Waals surface area contributed by atoms with Crippen LogP contribution < -0.4 is 5.73 Å². The SMILES string of the molecule is Nc1nc2c([se]1)C(S(=O)(=O)O)Cc1ccccc1-2. The Kier molecular flexibility index (Phi) is 2.60. The van der Waals surface area contributed by atoms with E-state index in [1.165, 1.54) is 0 Å². The first-order valence-corrected chi connectivity index (χ1v) is 8.49. The molecule has 1 aliphatic rings. The van der Waals surface area contributed by atoms with Crippen LogP contribution >= 0.6 is 0 Å². The fourth-order valence-corrected chi connectivity index (χ4v) is 5.75. The molecular formula is C11H10N2O3SSe. The van der Waals surface area contributed by atoms with Crippen molar-refractivity contribution in [2.24, 2.45) is 0 Å². The number of aromatic nitrogens is 1. The Balaban J connectivity index is 2.29. The van der Waals surface area contributed by atoms with Crippen LogP contribution in [0.3, 0.4) is 0 Å². The Morgan fingerprint density at radius 1 is 1.39 bits per heavy atom. The predicted molar refractivity (Wildman–Crippen MR) is 69.0 cm³/mol. The maximum absolute atomic E-state index is 11.5. The first-order valence-electron chi connectivity index (χ1n) is 5.27. The van der Waals surface area contributed by atoms with Gasteiger partial charge in [0.15, 0.2) is 0 Å². The van der Waals surface area contributed by atoms with Gasteiger partial charge in [0.05, 0.1) is 0 Å². The van der Waals surface area contributed by atoms with Crippen molar-refractivity contribution in [1.82, 2.24) is 4.98 Å². The number of fused-ring (bicyclic) bond motifs is 3. The summed E-state index contributed by atoms with van der Waals surface area (Å²) in [5.41, 5.74) is 8.16. The zero-order chi connectivity index (χ0) is 12.9. The summed E-state index contributed by atoms with van der Waals surface area (Å²) in [5, 5.41) is -0.896. The van der Waals surface area contributed by atoms with Crippen molar-refractivity contribution in [1.29, 1.82) is 0 Å². The van der Waals surface area contributed by atoms with Crippen LogP contribution in [-0.2, 0) is 16.5 Å². The average molecular weight is 329 g/mol. The van der Waals surface area contributed by atoms with Crippen LogP contribution in [0.1, 0.15) is 15.3 Å². The van der Waals surface area contributed by atoms with E-state index in [9.17, 15) is 13.0 Å². The Bertz CT molecular complexity index is 724. The van der Waals surface area contributed by atoms with Crippen molar-refractivity contribution < 1.29 is 13.0 Å². The molecule has 3 rings (SSSR count). The van der Waals surface area contributed by atoms with Gasteiger partial charge in [-0.3, -0.25) is 0 Å². The predicted octanol–water partition coefficient (Wildman–Crippen LogP) is 0.873. The molecule has 94 valence electrons. The van der Waals surface area contributed by atoms with Crippen LogP contribution in [0.25, 0.3) is 11.3 Å². The maximum atomic E-state index is 11.5. The van der Waals surface area contributed by atoms with Crippen molar-refractivity contribution in [2.45, 2.75) is 11.7 Å². The van der Waals surface area contributed by atoms with E-state index in [0.29, 0.717) is 21.2 Å². The van der Waals surface area contributed by atoms with Gasteiger partial charge in [0.2, 0.25) is 0 Å². The van der Waals surface area contributed by atoms with Gasteiger partial charge in [0, 0.05) is 0 Å². The molecular weight excluding hydrogens is 319 g/mol. The molecule has 7 heteroatoms. The second-order valence-corrected chi connectivity index (χ2v) is 7.96. The Morgan fingerprint density at radius 2 is 2.11 bits per heavy atom. The first kappa shape index (κ1) is 11.9. The van der Waals surface area contributed by atoms with Crippen molar-refractivity contribution >= 4 is 29.3 Å². The van der Waals surface area contributed by atoms with Gasteiger partial charge in [0.25, 0.3) is 0 Å².